The Morgan fingerprint density at radius 3 is 1.57 bits per heavy atom. The average molecular weight is 836 g/mol. The number of halogens is 7. The molecule has 0 unspecified atom stereocenters. The van der Waals surface area contributed by atoms with Gasteiger partial charge in [-0.15, -0.1) is 0 Å². The number of carbonyl (C=O) groups is 1. The van der Waals surface area contributed by atoms with Crippen LogP contribution in [0.25, 0.3) is 0 Å². The zero-order valence-electron chi connectivity index (χ0n) is 29.3. The number of anilines is 2. The summed E-state index contributed by atoms with van der Waals surface area (Å²) in [5.74, 6) is -12.9. The number of aryl methyl sites for hydroxylation is 6. The average Bonchev–Trinajstić information content (AvgIpc) is 3.45. The molecule has 5 nitrogen and oxygen atoms in total. The molecule has 0 saturated carbocycles. The summed E-state index contributed by atoms with van der Waals surface area (Å²) in [4.78, 5) is 17.9. The molecule has 0 aliphatic carbocycles. The maximum absolute atomic E-state index is 15.1. The van der Waals surface area contributed by atoms with Gasteiger partial charge in [-0.05, 0) is 0 Å². The number of carbonyl (C=O) groups excluding carboxylic acids is 1. The van der Waals surface area contributed by atoms with Gasteiger partial charge in [-0.2, -0.15) is 0 Å². The summed E-state index contributed by atoms with van der Waals surface area (Å²) in [5.41, 5.74) is 6.01. The zero-order valence-corrected chi connectivity index (χ0v) is 32.6. The second-order valence-electron chi connectivity index (χ2n) is 12.8. The number of amides is 1. The summed E-state index contributed by atoms with van der Waals surface area (Å²) in [6.45, 7) is 16.3. The van der Waals surface area contributed by atoms with Gasteiger partial charge in [0.2, 0.25) is 0 Å². The van der Waals surface area contributed by atoms with E-state index in [2.05, 4.69) is 5.32 Å². The molecule has 4 aromatic carbocycles. The van der Waals surface area contributed by atoms with Crippen LogP contribution in [0.3, 0.4) is 0 Å². The van der Waals surface area contributed by atoms with Crippen LogP contribution in [-0.4, -0.2) is 33.7 Å². The SMILES string of the molecule is Cc1cc(C)c(N2CCN(c3c(C)cc(C)cc3C)[C]2=[Ru]([Cl])([Cl])=[C](NC(=O)c2c(F)c(F)c(F)c(F)c2F)c2ccccc2OC(C)C)c(C)c1. The first-order valence-corrected chi connectivity index (χ1v) is 22.2. The number of para-hydroxylation sites is 1. The third-order valence-electron chi connectivity index (χ3n) is 8.35. The molecule has 1 fully saturated rings. The van der Waals surface area contributed by atoms with Crippen LogP contribution >= 0.6 is 19.4 Å². The van der Waals surface area contributed by atoms with Crippen LogP contribution in [0.15, 0.2) is 48.5 Å². The Morgan fingerprint density at radius 1 is 0.725 bits per heavy atom. The topological polar surface area (TPSA) is 44.8 Å². The molecule has 4 aromatic rings. The van der Waals surface area contributed by atoms with Crippen LogP contribution < -0.4 is 19.9 Å². The summed E-state index contributed by atoms with van der Waals surface area (Å²) in [6, 6.07) is 14.6. The maximum atomic E-state index is 15.1. The minimum absolute atomic E-state index is 0.156. The third-order valence-corrected chi connectivity index (χ3v) is 15.0. The second kappa shape index (κ2) is 14.8. The van der Waals surface area contributed by atoms with Crippen molar-refractivity contribution < 1.29 is 43.4 Å². The standard InChI is InChI=1S/C21H26N2.C17H12F5NO2.2ClH.Ru/c1-14-9-16(3)20(17(4)10-14)22-7-8-23(13-22)21-18(5)11-15(2)12-19(21)6;1-8(2)25-10-6-4-3-5-9(10)7-23-17(24)11-12(18)14(20)16(22)15(21)13(11)19;;;/h9-12H,7-8H2,1-6H3;3-6,8H,1-2H3,(H,23,24);2*1H;/q;;;;+2/p-2. The van der Waals surface area contributed by atoms with Gasteiger partial charge < -0.3 is 0 Å². The van der Waals surface area contributed by atoms with Crippen LogP contribution in [-0.2, 0) is 11.9 Å². The van der Waals surface area contributed by atoms with Gasteiger partial charge in [0, 0.05) is 0 Å². The first kappa shape index (κ1) is 38.6. The van der Waals surface area contributed by atoms with E-state index in [1.54, 1.807) is 38.1 Å². The third kappa shape index (κ3) is 7.22. The van der Waals surface area contributed by atoms with Crippen molar-refractivity contribution in [2.24, 2.45) is 0 Å². The predicted molar refractivity (Wildman–Crippen MR) is 193 cm³/mol. The van der Waals surface area contributed by atoms with Crippen LogP contribution in [0.5, 0.6) is 5.75 Å². The van der Waals surface area contributed by atoms with Gasteiger partial charge in [0.15, 0.2) is 0 Å². The van der Waals surface area contributed by atoms with E-state index in [0.29, 0.717) is 17.4 Å². The Morgan fingerprint density at radius 2 is 1.14 bits per heavy atom. The molecule has 1 N–H and O–H groups in total. The molecule has 0 aromatic heterocycles. The van der Waals surface area contributed by atoms with Crippen molar-refractivity contribution in [3.05, 3.63) is 122 Å². The molecule has 1 heterocycles. The molecular formula is C38H38Cl2F5N3O2Ru. The summed E-state index contributed by atoms with van der Waals surface area (Å²) in [6.07, 6.45) is -0.369. The molecular weight excluding hydrogens is 797 g/mol. The number of nitrogens with zero attached hydrogens (tertiary/aromatic N) is 2. The van der Waals surface area contributed by atoms with Crippen molar-refractivity contribution in [2.45, 2.75) is 61.5 Å². The van der Waals surface area contributed by atoms with Crippen molar-refractivity contribution in [2.75, 3.05) is 22.9 Å². The van der Waals surface area contributed by atoms with E-state index in [1.165, 1.54) is 0 Å². The van der Waals surface area contributed by atoms with Crippen molar-refractivity contribution in [1.82, 2.24) is 5.32 Å². The van der Waals surface area contributed by atoms with Crippen LogP contribution in [0.1, 0.15) is 63.1 Å². The van der Waals surface area contributed by atoms with Gasteiger partial charge in [-0.25, -0.2) is 0 Å². The van der Waals surface area contributed by atoms with Crippen LogP contribution in [0, 0.1) is 70.6 Å². The van der Waals surface area contributed by atoms with E-state index in [-0.39, 0.29) is 21.6 Å². The van der Waals surface area contributed by atoms with Crippen LogP contribution in [0.4, 0.5) is 33.3 Å². The van der Waals surface area contributed by atoms with Crippen molar-refractivity contribution in [3.63, 3.8) is 0 Å². The molecule has 274 valence electrons. The quantitative estimate of drug-likeness (QED) is 0.0873. The first-order chi connectivity index (χ1) is 23.9. The molecule has 0 bridgehead atoms. The molecule has 0 radical (unpaired) electrons. The number of benzene rings is 4. The molecule has 13 heteroatoms. The number of ether oxygens (including phenoxy) is 1. The molecule has 51 heavy (non-hydrogen) atoms. The Kier molecular flexibility index (Phi) is 11.2. The monoisotopic (exact) mass is 835 g/mol. The Hall–Kier alpha value is -3.66. The second-order valence-corrected chi connectivity index (χ2v) is 22.0. The molecule has 1 amide bonds. The fourth-order valence-corrected chi connectivity index (χ4v) is 13.4. The number of hydrogen-bond acceptors (Lipinski definition) is 4. The fourth-order valence-electron chi connectivity index (χ4n) is 6.65. The molecule has 1 saturated heterocycles. The summed E-state index contributed by atoms with van der Waals surface area (Å²) >= 11 is -4.87. The van der Waals surface area contributed by atoms with Gasteiger partial charge in [-0.3, -0.25) is 0 Å². The van der Waals surface area contributed by atoms with E-state index in [9.17, 15) is 18.0 Å². The summed E-state index contributed by atoms with van der Waals surface area (Å²) in [7, 11) is 15.4. The molecule has 0 spiro atoms. The predicted octanol–water partition coefficient (Wildman–Crippen LogP) is 9.50. The zero-order chi connectivity index (χ0) is 37.7. The number of nitrogens with one attached hydrogen (secondary N) is 1. The van der Waals surface area contributed by atoms with Crippen molar-refractivity contribution in [3.8, 4) is 5.75 Å². The van der Waals surface area contributed by atoms with Gasteiger partial charge in [-0.1, -0.05) is 0 Å². The summed E-state index contributed by atoms with van der Waals surface area (Å²) in [5, 5.41) is 2.46. The van der Waals surface area contributed by atoms with E-state index in [4.69, 9.17) is 24.1 Å². The molecule has 1 aliphatic rings. The fraction of sp³-hybridized carbons (Fsp3) is 0.289. The molecule has 0 atom stereocenters. The number of hydrogen-bond donors (Lipinski definition) is 1. The Bertz CT molecular complexity index is 2070. The minimum atomic E-state index is -4.87. The van der Waals surface area contributed by atoms with Crippen LogP contribution in [0.2, 0.25) is 0 Å². The van der Waals surface area contributed by atoms with Gasteiger partial charge in [0.25, 0.3) is 0 Å². The Balaban J connectivity index is 1.96. The van der Waals surface area contributed by atoms with Gasteiger partial charge in [0.1, 0.15) is 0 Å². The molecule has 5 rings (SSSR count). The van der Waals surface area contributed by atoms with E-state index >= 15 is 8.78 Å². The first-order valence-electron chi connectivity index (χ1n) is 16.0. The van der Waals surface area contributed by atoms with Crippen molar-refractivity contribution in [1.29, 1.82) is 0 Å². The van der Waals surface area contributed by atoms with E-state index in [1.807, 2.05) is 75.6 Å². The number of rotatable bonds is 7. The normalized spacial score (nSPS) is 13.7. The Labute approximate surface area is 304 Å². The molecule has 1 aliphatic heterocycles. The summed E-state index contributed by atoms with van der Waals surface area (Å²) < 4.78 is 79.3. The van der Waals surface area contributed by atoms with Gasteiger partial charge >= 0.3 is 306 Å². The van der Waals surface area contributed by atoms with Gasteiger partial charge in [0.05, 0.1) is 0 Å². The van der Waals surface area contributed by atoms with E-state index < -0.39 is 52.4 Å². The van der Waals surface area contributed by atoms with E-state index in [0.717, 1.165) is 44.8 Å². The van der Waals surface area contributed by atoms with Crippen molar-refractivity contribution >= 4 is 45.2 Å².